The van der Waals surface area contributed by atoms with E-state index in [1.807, 2.05) is 36.4 Å². The van der Waals surface area contributed by atoms with E-state index in [0.717, 1.165) is 0 Å². The molecule has 2 aromatic rings. The molecule has 0 N–H and O–H groups in total. The Labute approximate surface area is 98.3 Å². The zero-order chi connectivity index (χ0) is 11.8. The smallest absolute Gasteiger partial charge is 0.0263 e. The summed E-state index contributed by atoms with van der Waals surface area (Å²) in [5, 5.41) is 0. The van der Waals surface area contributed by atoms with Crippen LogP contribution in [-0.2, 0) is 0 Å². The van der Waals surface area contributed by atoms with E-state index in [4.69, 9.17) is 0 Å². The second-order valence-electron chi connectivity index (χ2n) is 3.77. The lowest BCUT2D eigenvalue weighted by atomic mass is 10.2. The van der Waals surface area contributed by atoms with Gasteiger partial charge in [0.25, 0.3) is 0 Å². The standard InChI is InChI=1S/C8H10.C8H8/c1-7-3-5-8(2)6-4-7;1-2-8-6-4-3-5-7-8/h3-6H,1-2H3;2-7H,1H2. The molecule has 0 saturated carbocycles. The fourth-order valence-corrected chi connectivity index (χ4v) is 1.23. The largest absolute Gasteiger partial charge is 0.0985 e. The van der Waals surface area contributed by atoms with E-state index in [1.54, 1.807) is 0 Å². The van der Waals surface area contributed by atoms with Crippen molar-refractivity contribution < 1.29 is 0 Å². The Kier molecular flexibility index (Phi) is 5.07. The SMILES string of the molecule is C=Cc1ccccc1.Cc1ccc(C)cc1. The van der Waals surface area contributed by atoms with Gasteiger partial charge in [0, 0.05) is 0 Å². The average Bonchev–Trinajstić information content (AvgIpc) is 2.35. The first-order chi connectivity index (χ1) is 7.72. The van der Waals surface area contributed by atoms with Gasteiger partial charge < -0.3 is 0 Å². The van der Waals surface area contributed by atoms with Crippen molar-refractivity contribution >= 4 is 6.08 Å². The molecule has 0 aromatic heterocycles. The highest BCUT2D eigenvalue weighted by Gasteiger charge is 1.79. The van der Waals surface area contributed by atoms with Gasteiger partial charge in [0.05, 0.1) is 0 Å². The molecule has 0 bridgehead atoms. The van der Waals surface area contributed by atoms with E-state index in [0.29, 0.717) is 0 Å². The molecule has 2 aromatic carbocycles. The molecule has 0 spiro atoms. The highest BCUT2D eigenvalue weighted by Crippen LogP contribution is 1.99. The summed E-state index contributed by atoms with van der Waals surface area (Å²) in [5.41, 5.74) is 3.83. The van der Waals surface area contributed by atoms with Crippen LogP contribution < -0.4 is 0 Å². The van der Waals surface area contributed by atoms with E-state index < -0.39 is 0 Å². The molecule has 0 aliphatic carbocycles. The maximum Gasteiger partial charge on any atom is -0.0263 e. The van der Waals surface area contributed by atoms with Crippen molar-refractivity contribution in [2.75, 3.05) is 0 Å². The van der Waals surface area contributed by atoms with Crippen molar-refractivity contribution in [1.29, 1.82) is 0 Å². The highest BCUT2D eigenvalue weighted by molar-refractivity contribution is 5.45. The van der Waals surface area contributed by atoms with Crippen LogP contribution in [0.4, 0.5) is 0 Å². The molecular weight excluding hydrogens is 192 g/mol. The van der Waals surface area contributed by atoms with Gasteiger partial charge in [-0.05, 0) is 19.4 Å². The number of rotatable bonds is 1. The van der Waals surface area contributed by atoms with Gasteiger partial charge in [0.1, 0.15) is 0 Å². The highest BCUT2D eigenvalue weighted by atomic mass is 13.9. The first kappa shape index (κ1) is 12.3. The second-order valence-corrected chi connectivity index (χ2v) is 3.77. The number of hydrogen-bond donors (Lipinski definition) is 0. The van der Waals surface area contributed by atoms with Crippen molar-refractivity contribution in [1.82, 2.24) is 0 Å². The number of hydrogen-bond acceptors (Lipinski definition) is 0. The lowest BCUT2D eigenvalue weighted by molar-refractivity contribution is 1.40. The molecule has 0 radical (unpaired) electrons. The Morgan fingerprint density at radius 2 is 1.19 bits per heavy atom. The third-order valence-corrected chi connectivity index (χ3v) is 2.25. The molecule has 0 nitrogen and oxygen atoms in total. The van der Waals surface area contributed by atoms with Crippen molar-refractivity contribution in [2.24, 2.45) is 0 Å². The molecule has 16 heavy (non-hydrogen) atoms. The fraction of sp³-hybridized carbons (Fsp3) is 0.125. The van der Waals surface area contributed by atoms with E-state index in [2.05, 4.69) is 44.7 Å². The lowest BCUT2D eigenvalue weighted by Gasteiger charge is -1.90. The molecule has 0 aliphatic heterocycles. The van der Waals surface area contributed by atoms with Crippen LogP contribution in [0.3, 0.4) is 0 Å². The van der Waals surface area contributed by atoms with Crippen LogP contribution in [0, 0.1) is 13.8 Å². The molecule has 2 rings (SSSR count). The first-order valence-corrected chi connectivity index (χ1v) is 5.43. The van der Waals surface area contributed by atoms with Crippen LogP contribution in [-0.4, -0.2) is 0 Å². The van der Waals surface area contributed by atoms with Crippen molar-refractivity contribution in [2.45, 2.75) is 13.8 Å². The van der Waals surface area contributed by atoms with E-state index in [9.17, 15) is 0 Å². The Hall–Kier alpha value is -1.82. The molecular formula is C16H18. The second kappa shape index (κ2) is 6.62. The van der Waals surface area contributed by atoms with Gasteiger partial charge in [-0.2, -0.15) is 0 Å². The van der Waals surface area contributed by atoms with Gasteiger partial charge in [-0.15, -0.1) is 0 Å². The van der Waals surface area contributed by atoms with Crippen molar-refractivity contribution in [3.63, 3.8) is 0 Å². The van der Waals surface area contributed by atoms with Crippen molar-refractivity contribution in [3.05, 3.63) is 77.9 Å². The summed E-state index contributed by atoms with van der Waals surface area (Å²) in [7, 11) is 0. The third kappa shape index (κ3) is 4.61. The topological polar surface area (TPSA) is 0 Å². The normalized spacial score (nSPS) is 8.88. The predicted molar refractivity (Wildman–Crippen MR) is 72.4 cm³/mol. The van der Waals surface area contributed by atoms with E-state index in [1.165, 1.54) is 16.7 Å². The summed E-state index contributed by atoms with van der Waals surface area (Å²) in [6.07, 6.45) is 1.83. The van der Waals surface area contributed by atoms with Gasteiger partial charge in [-0.1, -0.05) is 78.4 Å². The Bertz CT molecular complexity index is 389. The van der Waals surface area contributed by atoms with Crippen molar-refractivity contribution in [3.8, 4) is 0 Å². The Balaban J connectivity index is 0.000000160. The lowest BCUT2D eigenvalue weighted by Crippen LogP contribution is -1.70. The zero-order valence-corrected chi connectivity index (χ0v) is 9.98. The molecule has 0 unspecified atom stereocenters. The maximum absolute atomic E-state index is 3.63. The molecule has 0 amide bonds. The van der Waals surface area contributed by atoms with Crippen LogP contribution in [0.1, 0.15) is 16.7 Å². The van der Waals surface area contributed by atoms with Crippen LogP contribution >= 0.6 is 0 Å². The van der Waals surface area contributed by atoms with Gasteiger partial charge in [-0.3, -0.25) is 0 Å². The van der Waals surface area contributed by atoms with Gasteiger partial charge in [0.15, 0.2) is 0 Å². The monoisotopic (exact) mass is 210 g/mol. The summed E-state index contributed by atoms with van der Waals surface area (Å²) in [6, 6.07) is 18.5. The molecule has 0 saturated heterocycles. The molecule has 0 aliphatic rings. The van der Waals surface area contributed by atoms with Gasteiger partial charge >= 0.3 is 0 Å². The van der Waals surface area contributed by atoms with Crippen LogP contribution in [0.15, 0.2) is 61.2 Å². The molecule has 0 atom stereocenters. The average molecular weight is 210 g/mol. The molecule has 0 heteroatoms. The predicted octanol–water partition coefficient (Wildman–Crippen LogP) is 4.63. The molecule has 82 valence electrons. The third-order valence-electron chi connectivity index (χ3n) is 2.25. The van der Waals surface area contributed by atoms with Gasteiger partial charge in [0.2, 0.25) is 0 Å². The van der Waals surface area contributed by atoms with E-state index >= 15 is 0 Å². The van der Waals surface area contributed by atoms with Crippen LogP contribution in [0.2, 0.25) is 0 Å². The Morgan fingerprint density at radius 1 is 0.750 bits per heavy atom. The first-order valence-electron chi connectivity index (χ1n) is 5.43. The fourth-order valence-electron chi connectivity index (χ4n) is 1.23. The molecule has 0 heterocycles. The quantitative estimate of drug-likeness (QED) is 0.643. The summed E-state index contributed by atoms with van der Waals surface area (Å²) in [6.45, 7) is 7.82. The minimum absolute atomic E-state index is 1.17. The minimum atomic E-state index is 1.17. The summed E-state index contributed by atoms with van der Waals surface area (Å²) in [4.78, 5) is 0. The summed E-state index contributed by atoms with van der Waals surface area (Å²) >= 11 is 0. The molecule has 0 fully saturated rings. The zero-order valence-electron chi connectivity index (χ0n) is 9.98. The van der Waals surface area contributed by atoms with Crippen LogP contribution in [0.25, 0.3) is 6.08 Å². The summed E-state index contributed by atoms with van der Waals surface area (Å²) in [5.74, 6) is 0. The minimum Gasteiger partial charge on any atom is -0.0985 e. The van der Waals surface area contributed by atoms with Gasteiger partial charge in [-0.25, -0.2) is 0 Å². The number of benzene rings is 2. The Morgan fingerprint density at radius 3 is 1.50 bits per heavy atom. The maximum atomic E-state index is 3.63. The van der Waals surface area contributed by atoms with Crippen LogP contribution in [0.5, 0.6) is 0 Å². The van der Waals surface area contributed by atoms with E-state index in [-0.39, 0.29) is 0 Å². The number of aryl methyl sites for hydroxylation is 2. The summed E-state index contributed by atoms with van der Waals surface area (Å²) < 4.78 is 0.